The van der Waals surface area contributed by atoms with Gasteiger partial charge in [0.25, 0.3) is 0 Å². The Morgan fingerprint density at radius 3 is 2.17 bits per heavy atom. The molecule has 3 atom stereocenters. The molecular weight excluding hydrogens is 296 g/mol. The fraction of sp³-hybridized carbons (Fsp3) is 0.818. The van der Waals surface area contributed by atoms with Crippen LogP contribution in [0.25, 0.3) is 0 Å². The van der Waals surface area contributed by atoms with Crippen LogP contribution in [-0.4, -0.2) is 23.4 Å². The van der Waals surface area contributed by atoms with Crippen molar-refractivity contribution in [2.75, 3.05) is 7.11 Å². The highest BCUT2D eigenvalue weighted by Gasteiger charge is 2.29. The minimum Gasteiger partial charge on any atom is -0.400 e. The number of allylic oxidation sites excluding steroid dienone is 3. The normalized spacial score (nSPS) is 21.5. The number of unbranched alkanes of at least 4 members (excludes halogenated alkanes) is 1. The van der Waals surface area contributed by atoms with E-state index in [1.807, 2.05) is 6.08 Å². The molecule has 0 aliphatic heterocycles. The largest absolute Gasteiger partial charge is 0.400 e. The van der Waals surface area contributed by atoms with Gasteiger partial charge in [0.1, 0.15) is 0 Å². The van der Waals surface area contributed by atoms with Crippen LogP contribution in [-0.2, 0) is 0 Å². The molecule has 0 aromatic carbocycles. The van der Waals surface area contributed by atoms with Crippen molar-refractivity contribution < 1.29 is 10.2 Å². The van der Waals surface area contributed by atoms with Crippen LogP contribution in [0.2, 0.25) is 0 Å². The fourth-order valence-corrected chi connectivity index (χ4v) is 3.10. The van der Waals surface area contributed by atoms with Crippen molar-refractivity contribution in [1.29, 1.82) is 0 Å². The van der Waals surface area contributed by atoms with Gasteiger partial charge in [-0.25, -0.2) is 0 Å². The van der Waals surface area contributed by atoms with Crippen molar-refractivity contribution in [3.05, 3.63) is 24.8 Å². The van der Waals surface area contributed by atoms with Crippen LogP contribution >= 0.6 is 0 Å². The van der Waals surface area contributed by atoms with Crippen molar-refractivity contribution in [1.82, 2.24) is 0 Å². The number of aliphatic hydroxyl groups excluding tert-OH is 2. The zero-order valence-corrected chi connectivity index (χ0v) is 17.0. The van der Waals surface area contributed by atoms with Crippen molar-refractivity contribution >= 4 is 0 Å². The number of aliphatic hydroxyl groups is 2. The highest BCUT2D eigenvalue weighted by Crippen LogP contribution is 2.36. The highest BCUT2D eigenvalue weighted by atomic mass is 16.3. The first-order valence-electron chi connectivity index (χ1n) is 9.97. The molecule has 0 spiro atoms. The smallest absolute Gasteiger partial charge is 0.0574 e. The van der Waals surface area contributed by atoms with Gasteiger partial charge in [0.15, 0.2) is 0 Å². The lowest BCUT2D eigenvalue weighted by molar-refractivity contribution is 0.0430. The molecule has 0 heterocycles. The molecule has 1 rings (SSSR count). The molecule has 0 bridgehead atoms. The minimum atomic E-state index is -0.118. The van der Waals surface area contributed by atoms with Crippen LogP contribution in [0.1, 0.15) is 85.5 Å². The molecule has 0 amide bonds. The van der Waals surface area contributed by atoms with Crippen LogP contribution in [0.4, 0.5) is 0 Å². The molecule has 1 fully saturated rings. The van der Waals surface area contributed by atoms with Crippen molar-refractivity contribution in [3.63, 3.8) is 0 Å². The molecule has 0 aromatic rings. The molecule has 24 heavy (non-hydrogen) atoms. The number of hydrogen-bond acceptors (Lipinski definition) is 2. The first kappa shape index (κ1) is 25.6. The summed E-state index contributed by atoms with van der Waals surface area (Å²) in [5.41, 5.74) is 0. The maximum atomic E-state index is 10.4. The van der Waals surface area contributed by atoms with Gasteiger partial charge in [-0.1, -0.05) is 71.6 Å². The fourth-order valence-electron chi connectivity index (χ4n) is 3.10. The number of rotatable bonds is 8. The molecule has 0 saturated heterocycles. The highest BCUT2D eigenvalue weighted by molar-refractivity contribution is 4.88. The van der Waals surface area contributed by atoms with E-state index in [9.17, 15) is 5.11 Å². The summed E-state index contributed by atoms with van der Waals surface area (Å²) in [7, 11) is 1.00. The molecular formula is C22H44O2. The average molecular weight is 341 g/mol. The average Bonchev–Trinajstić information content (AvgIpc) is 2.61. The molecule has 1 aliphatic carbocycles. The second-order valence-electron chi connectivity index (χ2n) is 7.05. The minimum absolute atomic E-state index is 0.118. The van der Waals surface area contributed by atoms with E-state index in [2.05, 4.69) is 46.4 Å². The molecule has 144 valence electrons. The van der Waals surface area contributed by atoms with Crippen LogP contribution in [0.15, 0.2) is 24.8 Å². The van der Waals surface area contributed by atoms with Gasteiger partial charge in [-0.3, -0.25) is 0 Å². The quantitative estimate of drug-likeness (QED) is 0.521. The lowest BCUT2D eigenvalue weighted by Gasteiger charge is -2.34. The summed E-state index contributed by atoms with van der Waals surface area (Å²) in [6.45, 7) is 12.6. The van der Waals surface area contributed by atoms with Gasteiger partial charge in [0, 0.05) is 7.11 Å². The third-order valence-corrected chi connectivity index (χ3v) is 4.58. The van der Waals surface area contributed by atoms with E-state index in [1.54, 1.807) is 0 Å². The van der Waals surface area contributed by atoms with Crippen molar-refractivity contribution in [2.45, 2.75) is 91.6 Å². The Bertz CT molecular complexity index is 282. The van der Waals surface area contributed by atoms with E-state index < -0.39 is 0 Å². The molecule has 0 aromatic heterocycles. The van der Waals surface area contributed by atoms with Gasteiger partial charge < -0.3 is 10.2 Å². The summed E-state index contributed by atoms with van der Waals surface area (Å²) in [5, 5.41) is 17.4. The summed E-state index contributed by atoms with van der Waals surface area (Å²) in [6.07, 6.45) is 17.1. The zero-order valence-electron chi connectivity index (χ0n) is 17.0. The summed E-state index contributed by atoms with van der Waals surface area (Å²) in [4.78, 5) is 0. The lowest BCUT2D eigenvalue weighted by Crippen LogP contribution is -2.30. The number of hydrogen-bond donors (Lipinski definition) is 2. The standard InChI is InChI=1S/C17H30O.C4H10.CH4O/c1-4-9-15-11-6-7-12-16(15)17(18)13-8-5-10-14(2)3;1-3-4-2;1-2/h4-5,10,14-18H,1,6-9,11-13H2,2-3H3;3-4H2,1-2H3;2H,1H3/b10-5+;;. The predicted octanol–water partition coefficient (Wildman–Crippen LogP) is 6.14. The first-order chi connectivity index (χ1) is 11.6. The second-order valence-corrected chi connectivity index (χ2v) is 7.05. The van der Waals surface area contributed by atoms with E-state index >= 15 is 0 Å². The van der Waals surface area contributed by atoms with Gasteiger partial charge in [-0.05, 0) is 49.9 Å². The van der Waals surface area contributed by atoms with Crippen LogP contribution in [0.5, 0.6) is 0 Å². The molecule has 2 nitrogen and oxygen atoms in total. The van der Waals surface area contributed by atoms with E-state index in [0.717, 1.165) is 26.4 Å². The molecule has 3 unspecified atom stereocenters. The predicted molar refractivity (Wildman–Crippen MR) is 108 cm³/mol. The van der Waals surface area contributed by atoms with E-state index in [-0.39, 0.29) is 6.10 Å². The van der Waals surface area contributed by atoms with Gasteiger partial charge in [0.05, 0.1) is 6.10 Å². The van der Waals surface area contributed by atoms with Gasteiger partial charge >= 0.3 is 0 Å². The molecule has 0 radical (unpaired) electrons. The Kier molecular flexibility index (Phi) is 20.0. The van der Waals surface area contributed by atoms with Gasteiger partial charge in [-0.2, -0.15) is 0 Å². The zero-order chi connectivity index (χ0) is 18.8. The van der Waals surface area contributed by atoms with Crippen LogP contribution < -0.4 is 0 Å². The van der Waals surface area contributed by atoms with E-state index in [0.29, 0.717) is 17.8 Å². The van der Waals surface area contributed by atoms with E-state index in [4.69, 9.17) is 5.11 Å². The van der Waals surface area contributed by atoms with Crippen LogP contribution in [0, 0.1) is 17.8 Å². The third kappa shape index (κ3) is 13.8. The monoisotopic (exact) mass is 340 g/mol. The third-order valence-electron chi connectivity index (χ3n) is 4.58. The summed E-state index contributed by atoms with van der Waals surface area (Å²) >= 11 is 0. The second kappa shape index (κ2) is 18.7. The van der Waals surface area contributed by atoms with Crippen molar-refractivity contribution in [2.24, 2.45) is 17.8 Å². The SMILES string of the molecule is C=CCC1CCCCC1C(O)CC/C=C/C(C)C.CCCC.CO. The summed E-state index contributed by atoms with van der Waals surface area (Å²) < 4.78 is 0. The Labute approximate surface area is 152 Å². The van der Waals surface area contributed by atoms with Crippen LogP contribution in [0.3, 0.4) is 0 Å². The topological polar surface area (TPSA) is 40.5 Å². The Morgan fingerprint density at radius 1 is 1.08 bits per heavy atom. The molecule has 2 N–H and O–H groups in total. The summed E-state index contributed by atoms with van der Waals surface area (Å²) in [6, 6.07) is 0. The Morgan fingerprint density at radius 2 is 1.67 bits per heavy atom. The van der Waals surface area contributed by atoms with Gasteiger partial charge in [-0.15, -0.1) is 6.58 Å². The Balaban J connectivity index is 0. The Hall–Kier alpha value is -0.600. The maximum Gasteiger partial charge on any atom is 0.0574 e. The molecule has 1 saturated carbocycles. The van der Waals surface area contributed by atoms with Crippen molar-refractivity contribution in [3.8, 4) is 0 Å². The molecule has 2 heteroatoms. The lowest BCUT2D eigenvalue weighted by atomic mass is 9.74. The van der Waals surface area contributed by atoms with E-state index in [1.165, 1.54) is 38.5 Å². The molecule has 1 aliphatic rings. The first-order valence-corrected chi connectivity index (χ1v) is 9.97. The maximum absolute atomic E-state index is 10.4. The van der Waals surface area contributed by atoms with Gasteiger partial charge in [0.2, 0.25) is 0 Å². The summed E-state index contributed by atoms with van der Waals surface area (Å²) in [5.74, 6) is 1.79.